The number of anilines is 2. The van der Waals surface area contributed by atoms with Gasteiger partial charge >= 0.3 is 0 Å². The predicted octanol–water partition coefficient (Wildman–Crippen LogP) is 4.24. The number of aromatic nitrogens is 1. The number of morpholine rings is 1. The second kappa shape index (κ2) is 10.0. The molecule has 0 unspecified atom stereocenters. The van der Waals surface area contributed by atoms with Gasteiger partial charge in [0.2, 0.25) is 0 Å². The van der Waals surface area contributed by atoms with E-state index in [2.05, 4.69) is 39.5 Å². The van der Waals surface area contributed by atoms with Crippen molar-refractivity contribution in [2.75, 3.05) is 37.4 Å². The average Bonchev–Trinajstić information content (AvgIpc) is 2.82. The zero-order chi connectivity index (χ0) is 21.5. The third-order valence-electron chi connectivity index (χ3n) is 5.38. The summed E-state index contributed by atoms with van der Waals surface area (Å²) in [5, 5.41) is 10.9. The van der Waals surface area contributed by atoms with E-state index < -0.39 is 0 Å². The van der Waals surface area contributed by atoms with Crippen molar-refractivity contribution in [2.45, 2.75) is 6.54 Å². The van der Waals surface area contributed by atoms with Crippen LogP contribution in [-0.4, -0.2) is 42.4 Å². The van der Waals surface area contributed by atoms with Crippen LogP contribution in [0.5, 0.6) is 0 Å². The first-order chi connectivity index (χ1) is 15.2. The summed E-state index contributed by atoms with van der Waals surface area (Å²) in [4.78, 5) is 6.68. The molecule has 0 atom stereocenters. The Bertz CT molecular complexity index is 1060. The predicted molar refractivity (Wildman–Crippen MR) is 127 cm³/mol. The zero-order valence-corrected chi connectivity index (χ0v) is 17.4. The second-order valence-corrected chi connectivity index (χ2v) is 7.51. The molecule has 0 radical (unpaired) electrons. The number of ether oxygens (including phenoxy) is 1. The maximum absolute atomic E-state index is 7.54. The minimum atomic E-state index is 0.601. The average molecular weight is 414 g/mol. The van der Waals surface area contributed by atoms with Crippen molar-refractivity contribution < 1.29 is 4.74 Å². The van der Waals surface area contributed by atoms with Gasteiger partial charge in [-0.2, -0.15) is 0 Å². The molecule has 158 valence electrons. The van der Waals surface area contributed by atoms with Crippen LogP contribution < -0.4 is 11.1 Å². The lowest BCUT2D eigenvalue weighted by molar-refractivity contribution is 0.0342. The van der Waals surface area contributed by atoms with E-state index in [1.54, 1.807) is 6.20 Å². The van der Waals surface area contributed by atoms with E-state index in [9.17, 15) is 0 Å². The van der Waals surface area contributed by atoms with Gasteiger partial charge in [0, 0.05) is 66.9 Å². The lowest BCUT2D eigenvalue weighted by Gasteiger charge is -2.26. The van der Waals surface area contributed by atoms with Crippen LogP contribution in [0.1, 0.15) is 16.7 Å². The molecular formula is C25H27N5O. The largest absolute Gasteiger partial charge is 0.398 e. The zero-order valence-electron chi connectivity index (χ0n) is 17.4. The molecule has 0 amide bonds. The molecule has 31 heavy (non-hydrogen) atoms. The van der Waals surface area contributed by atoms with Gasteiger partial charge in [0.05, 0.1) is 13.2 Å². The van der Waals surface area contributed by atoms with Crippen LogP contribution in [0.4, 0.5) is 11.4 Å². The number of rotatable bonds is 7. The Balaban J connectivity index is 1.43. The van der Waals surface area contributed by atoms with Gasteiger partial charge in [-0.3, -0.25) is 9.88 Å². The SMILES string of the molecule is N=Cc1cc(-c2ccncc2/C=C/Nc2ccc(CN3CCOCC3)cc2)ccc1N. The van der Waals surface area contributed by atoms with Gasteiger partial charge in [0.25, 0.3) is 0 Å². The van der Waals surface area contributed by atoms with E-state index in [0.717, 1.165) is 55.2 Å². The van der Waals surface area contributed by atoms with Crippen LogP contribution >= 0.6 is 0 Å². The fraction of sp³-hybridized carbons (Fsp3) is 0.200. The van der Waals surface area contributed by atoms with Gasteiger partial charge in [0.15, 0.2) is 0 Å². The lowest BCUT2D eigenvalue weighted by Crippen LogP contribution is -2.35. The van der Waals surface area contributed by atoms with Gasteiger partial charge in [-0.05, 0) is 53.1 Å². The Morgan fingerprint density at radius 2 is 1.87 bits per heavy atom. The third-order valence-corrected chi connectivity index (χ3v) is 5.38. The van der Waals surface area contributed by atoms with Crippen molar-refractivity contribution in [3.8, 4) is 11.1 Å². The molecule has 0 bridgehead atoms. The molecule has 1 saturated heterocycles. The number of hydrogen-bond acceptors (Lipinski definition) is 6. The normalized spacial score (nSPS) is 14.6. The van der Waals surface area contributed by atoms with Gasteiger partial charge in [-0.1, -0.05) is 18.2 Å². The smallest absolute Gasteiger partial charge is 0.0594 e. The van der Waals surface area contributed by atoms with Crippen molar-refractivity contribution >= 4 is 23.7 Å². The molecule has 2 aromatic carbocycles. The van der Waals surface area contributed by atoms with Gasteiger partial charge in [-0.25, -0.2) is 0 Å². The standard InChI is InChI=1S/C25H27N5O/c26-16-22-15-20(3-6-25(22)27)24-8-9-28-17-21(24)7-10-29-23-4-1-19(2-5-23)18-30-11-13-31-14-12-30/h1-10,15-17,26,29H,11-14,18,27H2/b10-7+,26-16?. The molecule has 1 fully saturated rings. The highest BCUT2D eigenvalue weighted by molar-refractivity contribution is 5.88. The Kier molecular flexibility index (Phi) is 6.72. The highest BCUT2D eigenvalue weighted by atomic mass is 16.5. The number of hydrogen-bond donors (Lipinski definition) is 3. The Labute approximate surface area is 182 Å². The second-order valence-electron chi connectivity index (χ2n) is 7.51. The molecule has 0 saturated carbocycles. The summed E-state index contributed by atoms with van der Waals surface area (Å²) in [6.07, 6.45) is 8.81. The van der Waals surface area contributed by atoms with Crippen LogP contribution in [0.3, 0.4) is 0 Å². The van der Waals surface area contributed by atoms with Gasteiger partial charge in [-0.15, -0.1) is 0 Å². The van der Waals surface area contributed by atoms with E-state index in [4.69, 9.17) is 15.9 Å². The fourth-order valence-corrected chi connectivity index (χ4v) is 3.62. The van der Waals surface area contributed by atoms with Crippen molar-refractivity contribution in [1.29, 1.82) is 5.41 Å². The molecule has 3 aromatic rings. The fourth-order valence-electron chi connectivity index (χ4n) is 3.62. The topological polar surface area (TPSA) is 87.3 Å². The summed E-state index contributed by atoms with van der Waals surface area (Å²) < 4.78 is 5.41. The summed E-state index contributed by atoms with van der Waals surface area (Å²) in [5.74, 6) is 0. The number of pyridine rings is 1. The van der Waals surface area contributed by atoms with Crippen LogP contribution in [0.15, 0.2) is 67.1 Å². The molecule has 6 nitrogen and oxygen atoms in total. The summed E-state index contributed by atoms with van der Waals surface area (Å²) >= 11 is 0. The molecule has 2 heterocycles. The number of nitrogen functional groups attached to an aromatic ring is 1. The molecule has 1 aromatic heterocycles. The number of nitrogens with zero attached hydrogens (tertiary/aromatic N) is 2. The number of benzene rings is 2. The first-order valence-electron chi connectivity index (χ1n) is 10.4. The van der Waals surface area contributed by atoms with Gasteiger partial charge < -0.3 is 21.2 Å². The van der Waals surface area contributed by atoms with E-state index in [0.29, 0.717) is 11.3 Å². The minimum Gasteiger partial charge on any atom is -0.398 e. The molecule has 4 rings (SSSR count). The third kappa shape index (κ3) is 5.36. The maximum Gasteiger partial charge on any atom is 0.0594 e. The molecule has 0 spiro atoms. The molecule has 4 N–H and O–H groups in total. The van der Waals surface area contributed by atoms with Crippen LogP contribution in [0, 0.1) is 5.41 Å². The maximum atomic E-state index is 7.54. The van der Waals surface area contributed by atoms with Crippen molar-refractivity contribution in [1.82, 2.24) is 9.88 Å². The number of nitrogens with two attached hydrogens (primary N) is 1. The molecular weight excluding hydrogens is 386 g/mol. The Morgan fingerprint density at radius 3 is 2.65 bits per heavy atom. The quantitative estimate of drug-likeness (QED) is 0.398. The minimum absolute atomic E-state index is 0.601. The highest BCUT2D eigenvalue weighted by Gasteiger charge is 2.10. The highest BCUT2D eigenvalue weighted by Crippen LogP contribution is 2.26. The lowest BCUT2D eigenvalue weighted by atomic mass is 9.99. The summed E-state index contributed by atoms with van der Waals surface area (Å²) in [7, 11) is 0. The number of nitrogens with one attached hydrogen (secondary N) is 2. The molecule has 0 aliphatic carbocycles. The van der Waals surface area contributed by atoms with E-state index in [1.165, 1.54) is 11.8 Å². The van der Waals surface area contributed by atoms with Crippen molar-refractivity contribution in [3.05, 3.63) is 83.8 Å². The summed E-state index contributed by atoms with van der Waals surface area (Å²) in [6.45, 7) is 4.58. The first kappa shape index (κ1) is 20.8. The molecule has 1 aliphatic rings. The van der Waals surface area contributed by atoms with Crippen LogP contribution in [0.2, 0.25) is 0 Å². The van der Waals surface area contributed by atoms with Crippen molar-refractivity contribution in [3.63, 3.8) is 0 Å². The molecule has 6 heteroatoms. The van der Waals surface area contributed by atoms with Crippen molar-refractivity contribution in [2.24, 2.45) is 0 Å². The van der Waals surface area contributed by atoms with E-state index >= 15 is 0 Å². The Hall–Kier alpha value is -3.48. The van der Waals surface area contributed by atoms with Gasteiger partial charge in [0.1, 0.15) is 0 Å². The summed E-state index contributed by atoms with van der Waals surface area (Å²) in [5.41, 5.74) is 12.6. The van der Waals surface area contributed by atoms with E-state index in [1.807, 2.05) is 42.7 Å². The molecule has 1 aliphatic heterocycles. The van der Waals surface area contributed by atoms with Crippen LogP contribution in [-0.2, 0) is 11.3 Å². The monoisotopic (exact) mass is 413 g/mol. The van der Waals surface area contributed by atoms with E-state index in [-0.39, 0.29) is 0 Å². The summed E-state index contributed by atoms with van der Waals surface area (Å²) in [6, 6.07) is 16.2. The Morgan fingerprint density at radius 1 is 1.06 bits per heavy atom. The first-order valence-corrected chi connectivity index (χ1v) is 10.4. The van der Waals surface area contributed by atoms with Crippen LogP contribution in [0.25, 0.3) is 17.2 Å².